The highest BCUT2D eigenvalue weighted by Crippen LogP contribution is 2.19. The maximum atomic E-state index is 11.9. The van der Waals surface area contributed by atoms with Crippen molar-refractivity contribution in [2.24, 2.45) is 5.92 Å². The van der Waals surface area contributed by atoms with Crippen LogP contribution in [0.2, 0.25) is 5.15 Å². The number of rotatable bonds is 4. The quantitative estimate of drug-likeness (QED) is 0.667. The van der Waals surface area contributed by atoms with Gasteiger partial charge in [0.1, 0.15) is 0 Å². The number of ether oxygens (including phenoxy) is 1. The molecule has 1 unspecified atom stereocenters. The van der Waals surface area contributed by atoms with E-state index in [4.69, 9.17) is 16.3 Å². The molecule has 1 aliphatic heterocycles. The summed E-state index contributed by atoms with van der Waals surface area (Å²) >= 11 is 5.87. The highest BCUT2D eigenvalue weighted by atomic mass is 35.5. The first-order valence-corrected chi connectivity index (χ1v) is 6.68. The molecular weight excluding hydrogens is 282 g/mol. The van der Waals surface area contributed by atoms with Gasteiger partial charge in [-0.2, -0.15) is 0 Å². The third kappa shape index (κ3) is 3.68. The molecule has 6 nitrogen and oxygen atoms in total. The second-order valence-electron chi connectivity index (χ2n) is 4.63. The number of anilines is 1. The van der Waals surface area contributed by atoms with Crippen molar-refractivity contribution in [3.63, 3.8) is 0 Å². The molecule has 1 aliphatic rings. The van der Waals surface area contributed by atoms with E-state index in [1.807, 2.05) is 4.90 Å². The lowest BCUT2D eigenvalue weighted by Gasteiger charge is -2.15. The van der Waals surface area contributed by atoms with Gasteiger partial charge < -0.3 is 10.1 Å². The van der Waals surface area contributed by atoms with Crippen LogP contribution >= 0.6 is 11.6 Å². The summed E-state index contributed by atoms with van der Waals surface area (Å²) in [5, 5.41) is 2.96. The lowest BCUT2D eigenvalue weighted by Crippen LogP contribution is -2.32. The first kappa shape index (κ1) is 14.7. The first-order chi connectivity index (χ1) is 9.60. The maximum absolute atomic E-state index is 11.9. The van der Waals surface area contributed by atoms with E-state index in [9.17, 15) is 9.59 Å². The Morgan fingerprint density at radius 1 is 1.60 bits per heavy atom. The van der Waals surface area contributed by atoms with Crippen molar-refractivity contribution in [1.29, 1.82) is 0 Å². The van der Waals surface area contributed by atoms with Crippen LogP contribution in [0.1, 0.15) is 6.42 Å². The van der Waals surface area contributed by atoms with Crippen LogP contribution < -0.4 is 5.32 Å². The Labute approximate surface area is 122 Å². The zero-order chi connectivity index (χ0) is 14.5. The van der Waals surface area contributed by atoms with Gasteiger partial charge in [-0.05, 0) is 25.1 Å². The number of nitrogens with one attached hydrogen (secondary N) is 1. The van der Waals surface area contributed by atoms with Crippen LogP contribution in [-0.4, -0.2) is 48.5 Å². The van der Waals surface area contributed by atoms with Crippen molar-refractivity contribution in [1.82, 2.24) is 9.88 Å². The smallest absolute Gasteiger partial charge is 0.310 e. The molecule has 0 spiro atoms. The SMILES string of the molecule is COC(=O)C1CCN(CC(=O)Nc2cccnc2Cl)C1. The monoisotopic (exact) mass is 297 g/mol. The van der Waals surface area contributed by atoms with E-state index in [1.54, 1.807) is 18.3 Å². The molecule has 0 aliphatic carbocycles. The molecular formula is C13H16ClN3O3. The minimum absolute atomic E-state index is 0.144. The van der Waals surface area contributed by atoms with Crippen LogP contribution in [0.5, 0.6) is 0 Å². The molecule has 2 rings (SSSR count). The second kappa shape index (κ2) is 6.67. The highest BCUT2D eigenvalue weighted by molar-refractivity contribution is 6.32. The number of methoxy groups -OCH3 is 1. The van der Waals surface area contributed by atoms with Gasteiger partial charge >= 0.3 is 5.97 Å². The Morgan fingerprint density at radius 3 is 3.10 bits per heavy atom. The lowest BCUT2D eigenvalue weighted by molar-refractivity contribution is -0.145. The summed E-state index contributed by atoms with van der Waals surface area (Å²) in [6.45, 7) is 1.47. The fourth-order valence-electron chi connectivity index (χ4n) is 2.21. The molecule has 2 heterocycles. The third-order valence-electron chi connectivity index (χ3n) is 3.21. The van der Waals surface area contributed by atoms with Gasteiger partial charge in [0, 0.05) is 12.7 Å². The summed E-state index contributed by atoms with van der Waals surface area (Å²) in [5.41, 5.74) is 0.489. The minimum Gasteiger partial charge on any atom is -0.469 e. The number of carbonyl (C=O) groups is 2. The molecule has 0 aromatic carbocycles. The molecule has 7 heteroatoms. The average Bonchev–Trinajstić information content (AvgIpc) is 2.89. The summed E-state index contributed by atoms with van der Waals surface area (Å²) in [4.78, 5) is 29.1. The van der Waals surface area contributed by atoms with Crippen LogP contribution in [0, 0.1) is 5.92 Å². The lowest BCUT2D eigenvalue weighted by atomic mass is 10.1. The van der Waals surface area contributed by atoms with E-state index >= 15 is 0 Å². The van der Waals surface area contributed by atoms with Crippen molar-refractivity contribution in [3.05, 3.63) is 23.5 Å². The number of hydrogen-bond acceptors (Lipinski definition) is 5. The van der Waals surface area contributed by atoms with Crippen LogP contribution in [0.25, 0.3) is 0 Å². The molecule has 1 N–H and O–H groups in total. The third-order valence-corrected chi connectivity index (χ3v) is 3.51. The standard InChI is InChI=1S/C13H16ClN3O3/c1-20-13(19)9-4-6-17(7-9)8-11(18)16-10-3-2-5-15-12(10)14/h2-3,5,9H,4,6-8H2,1H3,(H,16,18). The van der Waals surface area contributed by atoms with Crippen molar-refractivity contribution in [3.8, 4) is 0 Å². The summed E-state index contributed by atoms with van der Waals surface area (Å²) in [6, 6.07) is 3.39. The molecule has 1 aromatic rings. The molecule has 0 saturated carbocycles. The molecule has 1 saturated heterocycles. The number of likely N-dealkylation sites (tertiary alicyclic amines) is 1. The molecule has 108 valence electrons. The van der Waals surface area contributed by atoms with Gasteiger partial charge in [-0.1, -0.05) is 11.6 Å². The van der Waals surface area contributed by atoms with Crippen molar-refractivity contribution in [2.45, 2.75) is 6.42 Å². The van der Waals surface area contributed by atoms with E-state index in [0.717, 1.165) is 0 Å². The summed E-state index contributed by atoms with van der Waals surface area (Å²) < 4.78 is 4.71. The van der Waals surface area contributed by atoms with Crippen molar-refractivity contribution in [2.75, 3.05) is 32.1 Å². The Hall–Kier alpha value is -1.66. The molecule has 0 bridgehead atoms. The van der Waals surface area contributed by atoms with Crippen LogP contribution in [-0.2, 0) is 14.3 Å². The minimum atomic E-state index is -0.219. The van der Waals surface area contributed by atoms with Crippen LogP contribution in [0.3, 0.4) is 0 Å². The average molecular weight is 298 g/mol. The van der Waals surface area contributed by atoms with E-state index in [-0.39, 0.29) is 29.5 Å². The van der Waals surface area contributed by atoms with Crippen LogP contribution in [0.4, 0.5) is 5.69 Å². The van der Waals surface area contributed by atoms with Gasteiger partial charge in [-0.3, -0.25) is 14.5 Å². The van der Waals surface area contributed by atoms with Gasteiger partial charge in [0.25, 0.3) is 0 Å². The Kier molecular flexibility index (Phi) is 4.92. The van der Waals surface area contributed by atoms with Crippen LogP contribution in [0.15, 0.2) is 18.3 Å². The summed E-state index contributed by atoms with van der Waals surface area (Å²) in [6.07, 6.45) is 2.27. The molecule has 1 fully saturated rings. The predicted octanol–water partition coefficient (Wildman–Crippen LogP) is 1.17. The fraction of sp³-hybridized carbons (Fsp3) is 0.462. The fourth-order valence-corrected chi connectivity index (χ4v) is 2.37. The summed E-state index contributed by atoms with van der Waals surface area (Å²) in [7, 11) is 1.38. The predicted molar refractivity (Wildman–Crippen MR) is 74.4 cm³/mol. The van der Waals surface area contributed by atoms with Gasteiger partial charge in [-0.15, -0.1) is 0 Å². The number of halogens is 1. The first-order valence-electron chi connectivity index (χ1n) is 6.30. The van der Waals surface area contributed by atoms with E-state index < -0.39 is 0 Å². The normalized spacial score (nSPS) is 18.8. The van der Waals surface area contributed by atoms with Gasteiger partial charge in [0.15, 0.2) is 5.15 Å². The largest absolute Gasteiger partial charge is 0.469 e. The van der Waals surface area contributed by atoms with Gasteiger partial charge in [-0.25, -0.2) is 4.98 Å². The molecule has 1 aromatic heterocycles. The summed E-state index contributed by atoms with van der Waals surface area (Å²) in [5.74, 6) is -0.539. The Balaban J connectivity index is 1.84. The number of nitrogens with zero attached hydrogens (tertiary/aromatic N) is 2. The number of esters is 1. The zero-order valence-corrected chi connectivity index (χ0v) is 11.9. The van der Waals surface area contributed by atoms with Gasteiger partial charge in [0.05, 0.1) is 25.3 Å². The number of hydrogen-bond donors (Lipinski definition) is 1. The molecule has 20 heavy (non-hydrogen) atoms. The number of amides is 1. The zero-order valence-electron chi connectivity index (χ0n) is 11.1. The molecule has 0 radical (unpaired) electrons. The highest BCUT2D eigenvalue weighted by Gasteiger charge is 2.29. The second-order valence-corrected chi connectivity index (χ2v) is 4.99. The van der Waals surface area contributed by atoms with Crippen molar-refractivity contribution < 1.29 is 14.3 Å². The van der Waals surface area contributed by atoms with E-state index in [2.05, 4.69) is 10.3 Å². The van der Waals surface area contributed by atoms with Gasteiger partial charge in [0.2, 0.25) is 5.91 Å². The van der Waals surface area contributed by atoms with E-state index in [1.165, 1.54) is 7.11 Å². The molecule has 1 atom stereocenters. The maximum Gasteiger partial charge on any atom is 0.310 e. The van der Waals surface area contributed by atoms with Crippen molar-refractivity contribution >= 4 is 29.2 Å². The molecule has 1 amide bonds. The Bertz CT molecular complexity index is 509. The number of aromatic nitrogens is 1. The number of carbonyl (C=O) groups excluding carboxylic acids is 2. The van der Waals surface area contributed by atoms with E-state index in [0.29, 0.717) is 25.2 Å². The number of pyridine rings is 1. The Morgan fingerprint density at radius 2 is 2.40 bits per heavy atom. The topological polar surface area (TPSA) is 71.5 Å².